The van der Waals surface area contributed by atoms with Crippen LogP contribution >= 0.6 is 0 Å². The summed E-state index contributed by atoms with van der Waals surface area (Å²) in [5.41, 5.74) is 2.48. The van der Waals surface area contributed by atoms with Crippen molar-refractivity contribution >= 4 is 5.96 Å². The van der Waals surface area contributed by atoms with Gasteiger partial charge in [0.05, 0.1) is 6.04 Å². The fraction of sp³-hybridized carbons (Fsp3) is 0.278. The van der Waals surface area contributed by atoms with Crippen LogP contribution in [0, 0.1) is 5.41 Å². The highest BCUT2D eigenvalue weighted by molar-refractivity contribution is 5.78. The van der Waals surface area contributed by atoms with E-state index in [1.165, 1.54) is 11.1 Å². The fourth-order valence-electron chi connectivity index (χ4n) is 2.98. The maximum Gasteiger partial charge on any atom is 0.194 e. The molecule has 21 heavy (non-hydrogen) atoms. The summed E-state index contributed by atoms with van der Waals surface area (Å²) in [7, 11) is 2.00. The van der Waals surface area contributed by atoms with Crippen LogP contribution in [0.5, 0.6) is 0 Å². The third-order valence-electron chi connectivity index (χ3n) is 4.07. The maximum absolute atomic E-state index is 8.43. The number of guanidine groups is 1. The molecule has 3 nitrogen and oxygen atoms in total. The van der Waals surface area contributed by atoms with Crippen LogP contribution in [0.25, 0.3) is 0 Å². The lowest BCUT2D eigenvalue weighted by molar-refractivity contribution is 0.247. The number of nitrogens with one attached hydrogen (secondary N) is 1. The van der Waals surface area contributed by atoms with Gasteiger partial charge in [0.2, 0.25) is 0 Å². The summed E-state index contributed by atoms with van der Waals surface area (Å²) >= 11 is 0. The van der Waals surface area contributed by atoms with Gasteiger partial charge in [0.25, 0.3) is 0 Å². The SMILES string of the molecule is CN1CCCN(C(c2ccccc2)c2ccccc2)C1=N. The first-order valence-corrected chi connectivity index (χ1v) is 7.43. The second kappa shape index (κ2) is 6.00. The molecule has 0 radical (unpaired) electrons. The molecule has 0 aliphatic carbocycles. The number of nitrogens with zero attached hydrogens (tertiary/aromatic N) is 2. The van der Waals surface area contributed by atoms with Crippen molar-refractivity contribution in [2.24, 2.45) is 0 Å². The van der Waals surface area contributed by atoms with E-state index in [0.29, 0.717) is 5.96 Å². The van der Waals surface area contributed by atoms with Gasteiger partial charge >= 0.3 is 0 Å². The highest BCUT2D eigenvalue weighted by atomic mass is 15.4. The molecule has 0 spiro atoms. The molecule has 1 saturated heterocycles. The van der Waals surface area contributed by atoms with Crippen LogP contribution in [-0.4, -0.2) is 35.9 Å². The lowest BCUT2D eigenvalue weighted by atomic mass is 9.96. The average molecular weight is 279 g/mol. The van der Waals surface area contributed by atoms with Crippen LogP contribution in [-0.2, 0) is 0 Å². The van der Waals surface area contributed by atoms with Crippen molar-refractivity contribution in [2.75, 3.05) is 20.1 Å². The monoisotopic (exact) mass is 279 g/mol. The van der Waals surface area contributed by atoms with Crippen LogP contribution in [0.1, 0.15) is 23.6 Å². The van der Waals surface area contributed by atoms with Crippen molar-refractivity contribution in [3.05, 3.63) is 71.8 Å². The van der Waals surface area contributed by atoms with Crippen LogP contribution in [0.15, 0.2) is 60.7 Å². The molecule has 3 rings (SSSR count). The first-order valence-electron chi connectivity index (χ1n) is 7.43. The Morgan fingerprint density at radius 2 is 1.38 bits per heavy atom. The second-order valence-electron chi connectivity index (χ2n) is 5.52. The standard InChI is InChI=1S/C18H21N3/c1-20-13-8-14-21(18(20)19)17(15-9-4-2-5-10-15)16-11-6-3-7-12-16/h2-7,9-12,17,19H,8,13-14H2,1H3. The van der Waals surface area contributed by atoms with E-state index in [2.05, 4.69) is 53.4 Å². The van der Waals surface area contributed by atoms with E-state index in [1.54, 1.807) is 0 Å². The molecule has 1 N–H and O–H groups in total. The quantitative estimate of drug-likeness (QED) is 0.934. The largest absolute Gasteiger partial charge is 0.346 e. The third kappa shape index (κ3) is 2.77. The molecule has 3 heteroatoms. The van der Waals surface area contributed by atoms with Crippen LogP contribution in [0.4, 0.5) is 0 Å². The van der Waals surface area contributed by atoms with Gasteiger partial charge < -0.3 is 9.80 Å². The van der Waals surface area contributed by atoms with Gasteiger partial charge in [0, 0.05) is 20.1 Å². The summed E-state index contributed by atoms with van der Waals surface area (Å²) < 4.78 is 0. The van der Waals surface area contributed by atoms with Crippen LogP contribution in [0.3, 0.4) is 0 Å². The minimum atomic E-state index is 0.114. The zero-order valence-electron chi connectivity index (χ0n) is 12.4. The van der Waals surface area contributed by atoms with E-state index >= 15 is 0 Å². The zero-order valence-corrected chi connectivity index (χ0v) is 12.4. The van der Waals surface area contributed by atoms with Gasteiger partial charge in [-0.1, -0.05) is 60.7 Å². The average Bonchev–Trinajstić information content (AvgIpc) is 2.54. The zero-order chi connectivity index (χ0) is 14.7. The molecule has 2 aromatic rings. The summed E-state index contributed by atoms with van der Waals surface area (Å²) in [6.07, 6.45) is 1.09. The lowest BCUT2D eigenvalue weighted by Gasteiger charge is -2.41. The van der Waals surface area contributed by atoms with Gasteiger partial charge in [-0.15, -0.1) is 0 Å². The molecule has 0 aromatic heterocycles. The summed E-state index contributed by atoms with van der Waals surface area (Å²) in [5, 5.41) is 8.43. The molecule has 0 bridgehead atoms. The molecule has 1 heterocycles. The van der Waals surface area contributed by atoms with Gasteiger partial charge in [0.15, 0.2) is 5.96 Å². The molecular formula is C18H21N3. The molecule has 1 fully saturated rings. The Hall–Kier alpha value is -2.29. The van der Waals surface area contributed by atoms with Gasteiger partial charge in [-0.2, -0.15) is 0 Å². The van der Waals surface area contributed by atoms with E-state index in [9.17, 15) is 0 Å². The van der Waals surface area contributed by atoms with Crippen LogP contribution < -0.4 is 0 Å². The van der Waals surface area contributed by atoms with Crippen molar-refractivity contribution in [3.63, 3.8) is 0 Å². The van der Waals surface area contributed by atoms with E-state index in [-0.39, 0.29) is 6.04 Å². The summed E-state index contributed by atoms with van der Waals surface area (Å²) in [5.74, 6) is 0.610. The second-order valence-corrected chi connectivity index (χ2v) is 5.52. The molecule has 2 aromatic carbocycles. The Bertz CT molecular complexity index is 555. The number of hydrogen-bond acceptors (Lipinski definition) is 1. The summed E-state index contributed by atoms with van der Waals surface area (Å²) in [4.78, 5) is 4.23. The molecule has 1 aliphatic heterocycles. The Balaban J connectivity index is 2.02. The van der Waals surface area contributed by atoms with Crippen molar-refractivity contribution < 1.29 is 0 Å². The van der Waals surface area contributed by atoms with Crippen molar-refractivity contribution in [2.45, 2.75) is 12.5 Å². The van der Waals surface area contributed by atoms with Gasteiger partial charge in [-0.05, 0) is 17.5 Å². The number of rotatable bonds is 3. The van der Waals surface area contributed by atoms with Crippen molar-refractivity contribution in [3.8, 4) is 0 Å². The molecule has 108 valence electrons. The summed E-state index contributed by atoms with van der Waals surface area (Å²) in [6, 6.07) is 21.1. The van der Waals surface area contributed by atoms with Crippen LogP contribution in [0.2, 0.25) is 0 Å². The van der Waals surface area contributed by atoms with Crippen molar-refractivity contribution in [1.29, 1.82) is 5.41 Å². The topological polar surface area (TPSA) is 30.3 Å². The van der Waals surface area contributed by atoms with Crippen molar-refractivity contribution in [1.82, 2.24) is 9.80 Å². The maximum atomic E-state index is 8.43. The minimum absolute atomic E-state index is 0.114. The van der Waals surface area contributed by atoms with Gasteiger partial charge in [-0.3, -0.25) is 5.41 Å². The lowest BCUT2D eigenvalue weighted by Crippen LogP contribution is -2.49. The molecule has 0 atom stereocenters. The molecule has 0 saturated carbocycles. The Labute approximate surface area is 126 Å². The highest BCUT2D eigenvalue weighted by Crippen LogP contribution is 2.30. The van der Waals surface area contributed by atoms with E-state index < -0.39 is 0 Å². The predicted octanol–water partition coefficient (Wildman–Crippen LogP) is 3.35. The molecule has 0 amide bonds. The van der Waals surface area contributed by atoms with E-state index in [0.717, 1.165) is 19.5 Å². The summed E-state index contributed by atoms with van der Waals surface area (Å²) in [6.45, 7) is 1.89. The molecule has 1 aliphatic rings. The Kier molecular flexibility index (Phi) is 3.91. The van der Waals surface area contributed by atoms with Gasteiger partial charge in [0.1, 0.15) is 0 Å². The normalized spacial score (nSPS) is 15.6. The third-order valence-corrected chi connectivity index (χ3v) is 4.07. The molecular weight excluding hydrogens is 258 g/mol. The Morgan fingerprint density at radius 1 is 0.857 bits per heavy atom. The minimum Gasteiger partial charge on any atom is -0.346 e. The van der Waals surface area contributed by atoms with E-state index in [4.69, 9.17) is 5.41 Å². The first-order chi connectivity index (χ1) is 10.3. The number of hydrogen-bond donors (Lipinski definition) is 1. The predicted molar refractivity (Wildman–Crippen MR) is 86.4 cm³/mol. The highest BCUT2D eigenvalue weighted by Gasteiger charge is 2.28. The molecule has 0 unspecified atom stereocenters. The smallest absolute Gasteiger partial charge is 0.194 e. The van der Waals surface area contributed by atoms with Gasteiger partial charge in [-0.25, -0.2) is 0 Å². The number of benzene rings is 2. The first kappa shape index (κ1) is 13.7. The van der Waals surface area contributed by atoms with E-state index in [1.807, 2.05) is 24.1 Å². The Morgan fingerprint density at radius 3 is 1.90 bits per heavy atom. The fourth-order valence-corrected chi connectivity index (χ4v) is 2.98.